The molecule has 0 aliphatic carbocycles. The molecule has 0 bridgehead atoms. The lowest BCUT2D eigenvalue weighted by Crippen LogP contribution is -2.31. The number of hydrogen-bond donors (Lipinski definition) is 2. The Bertz CT molecular complexity index is 432. The Morgan fingerprint density at radius 2 is 2.35 bits per heavy atom. The molecule has 1 unspecified atom stereocenters. The summed E-state index contributed by atoms with van der Waals surface area (Å²) in [5.74, 6) is -0.317. The molecule has 1 aromatic rings. The Kier molecular flexibility index (Phi) is 3.89. The van der Waals surface area contributed by atoms with E-state index in [1.54, 1.807) is 0 Å². The summed E-state index contributed by atoms with van der Waals surface area (Å²) in [5, 5.41) is 6.27. The molecule has 6 heteroatoms. The van der Waals surface area contributed by atoms with Crippen LogP contribution in [0.25, 0.3) is 0 Å². The van der Waals surface area contributed by atoms with Crippen molar-refractivity contribution in [2.45, 2.75) is 18.9 Å². The van der Waals surface area contributed by atoms with Crippen LogP contribution in [0.5, 0.6) is 0 Å². The highest BCUT2D eigenvalue weighted by Gasteiger charge is 2.20. The molecule has 92 valence electrons. The maximum absolute atomic E-state index is 13.0. The molecule has 1 aromatic carbocycles. The first-order valence-corrected chi connectivity index (χ1v) is 6.41. The fourth-order valence-corrected chi connectivity index (χ4v) is 2.73. The van der Waals surface area contributed by atoms with Gasteiger partial charge in [-0.25, -0.2) is 4.39 Å². The molecule has 3 nitrogen and oxygen atoms in total. The lowest BCUT2D eigenvalue weighted by atomic mass is 10.2. The van der Waals surface area contributed by atoms with Crippen LogP contribution in [0.15, 0.2) is 16.6 Å². The lowest BCUT2D eigenvalue weighted by Gasteiger charge is -2.14. The van der Waals surface area contributed by atoms with Crippen LogP contribution in [-0.4, -0.2) is 18.5 Å². The standard InChI is InChI=1S/C11H11BrClFN2O/c12-8-3-6(14)4-9(13)11(8)15-5-7-1-2-10(17)16-7/h3-4,7,15H,1-2,5H2,(H,16,17). The number of amides is 1. The monoisotopic (exact) mass is 320 g/mol. The van der Waals surface area contributed by atoms with Gasteiger partial charge in [-0.1, -0.05) is 11.6 Å². The van der Waals surface area contributed by atoms with Crippen LogP contribution in [0.1, 0.15) is 12.8 Å². The largest absolute Gasteiger partial charge is 0.381 e. The van der Waals surface area contributed by atoms with Crippen molar-refractivity contribution in [3.8, 4) is 0 Å². The molecule has 17 heavy (non-hydrogen) atoms. The molecule has 1 saturated heterocycles. The third-order valence-corrected chi connectivity index (χ3v) is 3.54. The minimum atomic E-state index is -0.387. The molecule has 2 rings (SSSR count). The van der Waals surface area contributed by atoms with E-state index in [1.165, 1.54) is 12.1 Å². The number of halogens is 3. The van der Waals surface area contributed by atoms with Gasteiger partial charge in [-0.2, -0.15) is 0 Å². The summed E-state index contributed by atoms with van der Waals surface area (Å²) < 4.78 is 13.6. The lowest BCUT2D eigenvalue weighted by molar-refractivity contribution is -0.119. The highest BCUT2D eigenvalue weighted by molar-refractivity contribution is 9.10. The summed E-state index contributed by atoms with van der Waals surface area (Å²) in [7, 11) is 0. The van der Waals surface area contributed by atoms with Gasteiger partial charge in [-0.15, -0.1) is 0 Å². The Morgan fingerprint density at radius 3 is 2.94 bits per heavy atom. The molecule has 2 N–H and O–H groups in total. The van der Waals surface area contributed by atoms with Crippen molar-refractivity contribution in [3.05, 3.63) is 27.4 Å². The quantitative estimate of drug-likeness (QED) is 0.899. The average molecular weight is 322 g/mol. The van der Waals surface area contributed by atoms with E-state index in [4.69, 9.17) is 11.6 Å². The van der Waals surface area contributed by atoms with E-state index in [9.17, 15) is 9.18 Å². The van der Waals surface area contributed by atoms with Crippen LogP contribution in [0, 0.1) is 5.82 Å². The van der Waals surface area contributed by atoms with Crippen LogP contribution in [0.2, 0.25) is 5.02 Å². The highest BCUT2D eigenvalue weighted by atomic mass is 79.9. The Hall–Kier alpha value is -0.810. The van der Waals surface area contributed by atoms with Gasteiger partial charge in [-0.05, 0) is 34.5 Å². The molecule has 1 fully saturated rings. The molecule has 1 atom stereocenters. The maximum Gasteiger partial charge on any atom is 0.220 e. The van der Waals surface area contributed by atoms with Crippen molar-refractivity contribution < 1.29 is 9.18 Å². The van der Waals surface area contributed by atoms with E-state index in [0.29, 0.717) is 28.1 Å². The fourth-order valence-electron chi connectivity index (χ4n) is 1.77. The summed E-state index contributed by atoms with van der Waals surface area (Å²) in [6.45, 7) is 0.579. The predicted molar refractivity (Wildman–Crippen MR) is 68.8 cm³/mol. The van der Waals surface area contributed by atoms with Crippen molar-refractivity contribution in [2.75, 3.05) is 11.9 Å². The Morgan fingerprint density at radius 1 is 1.59 bits per heavy atom. The number of hydrogen-bond acceptors (Lipinski definition) is 2. The van der Waals surface area contributed by atoms with E-state index < -0.39 is 0 Å². The van der Waals surface area contributed by atoms with Gasteiger partial charge in [0.25, 0.3) is 0 Å². The summed E-state index contributed by atoms with van der Waals surface area (Å²) in [6, 6.07) is 2.71. The molecular formula is C11H11BrClFN2O. The summed E-state index contributed by atoms with van der Waals surface area (Å²) >= 11 is 9.17. The van der Waals surface area contributed by atoms with Gasteiger partial charge in [0.1, 0.15) is 5.82 Å². The van der Waals surface area contributed by atoms with E-state index >= 15 is 0 Å². The minimum absolute atomic E-state index is 0.0704. The van der Waals surface area contributed by atoms with Gasteiger partial charge in [0.15, 0.2) is 0 Å². The number of carbonyl (C=O) groups excluding carboxylic acids is 1. The normalized spacial score (nSPS) is 19.2. The molecule has 0 aromatic heterocycles. The SMILES string of the molecule is O=C1CCC(CNc2c(Cl)cc(F)cc2Br)N1. The molecule has 0 spiro atoms. The molecule has 1 amide bonds. The van der Waals surface area contributed by atoms with Crippen molar-refractivity contribution >= 4 is 39.1 Å². The second-order valence-corrected chi connectivity index (χ2v) is 5.19. The number of benzene rings is 1. The zero-order valence-corrected chi connectivity index (χ0v) is 11.2. The van der Waals surface area contributed by atoms with Crippen LogP contribution in [0.3, 0.4) is 0 Å². The first-order chi connectivity index (χ1) is 8.06. The molecule has 0 radical (unpaired) electrons. The highest BCUT2D eigenvalue weighted by Crippen LogP contribution is 2.31. The third-order valence-electron chi connectivity index (χ3n) is 2.62. The molecule has 1 aliphatic rings. The average Bonchev–Trinajstić information content (AvgIpc) is 2.62. The van der Waals surface area contributed by atoms with Gasteiger partial charge < -0.3 is 10.6 Å². The fraction of sp³-hybridized carbons (Fsp3) is 0.364. The van der Waals surface area contributed by atoms with Gasteiger partial charge in [0, 0.05) is 23.5 Å². The number of nitrogens with one attached hydrogen (secondary N) is 2. The third kappa shape index (κ3) is 3.10. The number of rotatable bonds is 3. The van der Waals surface area contributed by atoms with Crippen molar-refractivity contribution in [2.24, 2.45) is 0 Å². The summed E-state index contributed by atoms with van der Waals surface area (Å²) in [5.41, 5.74) is 0.647. The zero-order valence-electron chi connectivity index (χ0n) is 8.90. The van der Waals surface area contributed by atoms with Crippen LogP contribution in [-0.2, 0) is 4.79 Å². The van der Waals surface area contributed by atoms with Crippen molar-refractivity contribution in [3.63, 3.8) is 0 Å². The van der Waals surface area contributed by atoms with Crippen LogP contribution < -0.4 is 10.6 Å². The second kappa shape index (κ2) is 5.23. The predicted octanol–water partition coefficient (Wildman–Crippen LogP) is 2.93. The van der Waals surface area contributed by atoms with Crippen LogP contribution in [0.4, 0.5) is 10.1 Å². The topological polar surface area (TPSA) is 41.1 Å². The molecule has 0 saturated carbocycles. The maximum atomic E-state index is 13.0. The first kappa shape index (κ1) is 12.6. The van der Waals surface area contributed by atoms with Crippen molar-refractivity contribution in [1.29, 1.82) is 0 Å². The van der Waals surface area contributed by atoms with Crippen molar-refractivity contribution in [1.82, 2.24) is 5.32 Å². The zero-order chi connectivity index (χ0) is 12.4. The first-order valence-electron chi connectivity index (χ1n) is 5.24. The van der Waals surface area contributed by atoms with Gasteiger partial charge in [0.05, 0.1) is 10.7 Å². The van der Waals surface area contributed by atoms with E-state index in [-0.39, 0.29) is 17.8 Å². The number of anilines is 1. The second-order valence-electron chi connectivity index (χ2n) is 3.93. The molecule has 1 aliphatic heterocycles. The minimum Gasteiger partial charge on any atom is -0.381 e. The van der Waals surface area contributed by atoms with Crippen LogP contribution >= 0.6 is 27.5 Å². The van der Waals surface area contributed by atoms with Gasteiger partial charge in [-0.3, -0.25) is 4.79 Å². The summed E-state index contributed by atoms with van der Waals surface area (Å²) in [4.78, 5) is 11.0. The van der Waals surface area contributed by atoms with E-state index in [2.05, 4.69) is 26.6 Å². The Balaban J connectivity index is 2.01. The van der Waals surface area contributed by atoms with E-state index in [1.807, 2.05) is 0 Å². The smallest absolute Gasteiger partial charge is 0.220 e. The van der Waals surface area contributed by atoms with Gasteiger partial charge in [0.2, 0.25) is 5.91 Å². The molecular weight excluding hydrogens is 310 g/mol. The van der Waals surface area contributed by atoms with E-state index in [0.717, 1.165) is 6.42 Å². The number of carbonyl (C=O) groups is 1. The summed E-state index contributed by atoms with van der Waals surface area (Å²) in [6.07, 6.45) is 1.37. The Labute approximate surface area is 112 Å². The van der Waals surface area contributed by atoms with Gasteiger partial charge >= 0.3 is 0 Å². The molecule has 1 heterocycles.